The Hall–Kier alpha value is -4.66. The number of aliphatic hydroxyl groups excluding tert-OH is 3. The van der Waals surface area contributed by atoms with Gasteiger partial charge >= 0.3 is 5.97 Å². The lowest BCUT2D eigenvalue weighted by Crippen LogP contribution is -2.62. The van der Waals surface area contributed by atoms with E-state index in [0.29, 0.717) is 18.5 Å². The lowest BCUT2D eigenvalue weighted by Gasteiger charge is -2.32. The van der Waals surface area contributed by atoms with Crippen LogP contribution in [0.1, 0.15) is 45.2 Å². The molecule has 3 heterocycles. The van der Waals surface area contributed by atoms with E-state index in [1.807, 2.05) is 0 Å². The molecule has 2 aliphatic heterocycles. The Morgan fingerprint density at radius 2 is 1.45 bits per heavy atom. The van der Waals surface area contributed by atoms with Crippen LogP contribution in [0.15, 0.2) is 12.5 Å². The number of likely N-dealkylation sites (tertiary alicyclic amines) is 2. The number of aromatic nitrogens is 2. The number of imidazole rings is 1. The van der Waals surface area contributed by atoms with E-state index < -0.39 is 103 Å². The van der Waals surface area contributed by atoms with E-state index in [4.69, 9.17) is 5.73 Å². The fourth-order valence-electron chi connectivity index (χ4n) is 5.79. The zero-order valence-corrected chi connectivity index (χ0v) is 27.2. The van der Waals surface area contributed by atoms with Crippen molar-refractivity contribution in [1.82, 2.24) is 41.0 Å². The second-order valence-electron chi connectivity index (χ2n) is 12.0. The van der Waals surface area contributed by atoms with Gasteiger partial charge in [-0.3, -0.25) is 28.8 Å². The summed E-state index contributed by atoms with van der Waals surface area (Å²) >= 11 is 0. The van der Waals surface area contributed by atoms with Crippen LogP contribution in [0.4, 0.5) is 0 Å². The maximum absolute atomic E-state index is 13.8. The Morgan fingerprint density at radius 3 is 1.94 bits per heavy atom. The Balaban J connectivity index is 1.78. The Bertz CT molecular complexity index is 1360. The number of hydrogen-bond acceptors (Lipinski definition) is 12. The van der Waals surface area contributed by atoms with Crippen LogP contribution < -0.4 is 27.0 Å². The topological polar surface area (TPSA) is 310 Å². The van der Waals surface area contributed by atoms with Crippen molar-refractivity contribution in [3.05, 3.63) is 18.2 Å². The van der Waals surface area contributed by atoms with Gasteiger partial charge in [0.15, 0.2) is 0 Å². The van der Waals surface area contributed by atoms with Crippen molar-refractivity contribution in [3.8, 4) is 0 Å². The molecule has 1 aromatic rings. The zero-order chi connectivity index (χ0) is 36.4. The van der Waals surface area contributed by atoms with E-state index in [0.717, 1.165) is 4.90 Å². The third-order valence-electron chi connectivity index (χ3n) is 8.38. The van der Waals surface area contributed by atoms with Crippen molar-refractivity contribution in [2.75, 3.05) is 26.2 Å². The predicted octanol–water partition coefficient (Wildman–Crippen LogP) is -5.33. The molecule has 49 heavy (non-hydrogen) atoms. The molecule has 2 fully saturated rings. The maximum Gasteiger partial charge on any atom is 0.328 e. The third kappa shape index (κ3) is 9.94. The van der Waals surface area contributed by atoms with Gasteiger partial charge in [-0.15, -0.1) is 0 Å². The number of hydrogen-bond donors (Lipinski definition) is 10. The highest BCUT2D eigenvalue weighted by molar-refractivity contribution is 5.97. The molecule has 0 bridgehead atoms. The molecule has 272 valence electrons. The molecule has 1 aromatic heterocycles. The highest BCUT2D eigenvalue weighted by Gasteiger charge is 2.42. The fourth-order valence-corrected chi connectivity index (χ4v) is 5.79. The van der Waals surface area contributed by atoms with Crippen LogP contribution in [0.3, 0.4) is 0 Å². The molecule has 20 nitrogen and oxygen atoms in total. The monoisotopic (exact) mass is 695 g/mol. The molecule has 6 amide bonds. The second kappa shape index (κ2) is 17.7. The Morgan fingerprint density at radius 1 is 0.878 bits per heavy atom. The summed E-state index contributed by atoms with van der Waals surface area (Å²) in [4.78, 5) is 99.4. The number of carbonyl (C=O) groups excluding carboxylic acids is 6. The first-order valence-electron chi connectivity index (χ1n) is 15.9. The molecule has 0 aliphatic carbocycles. The summed E-state index contributed by atoms with van der Waals surface area (Å²) in [5.74, 6) is -6.16. The number of aliphatic hydroxyl groups is 3. The summed E-state index contributed by atoms with van der Waals surface area (Å²) in [5.41, 5.74) is 5.75. The SMILES string of the molecule is C[C@@H](O)[C@H](NC(=O)[C@@H]1CCCN1C(=O)[C@@H](NC(=O)CN)[C@@H](C)O)C(=O)N[C@@H](Cc1cnc[nH]1)C(=O)N1CCC[C@H]1C(=O)N[C@@H](CO)C(=O)O. The minimum atomic E-state index is -1.61. The summed E-state index contributed by atoms with van der Waals surface area (Å²) in [5, 5.41) is 48.7. The van der Waals surface area contributed by atoms with Crippen LogP contribution in [0.25, 0.3) is 0 Å². The van der Waals surface area contributed by atoms with Crippen LogP contribution >= 0.6 is 0 Å². The smallest absolute Gasteiger partial charge is 0.328 e. The molecule has 3 rings (SSSR count). The Kier molecular flexibility index (Phi) is 14.0. The van der Waals surface area contributed by atoms with Gasteiger partial charge in [-0.1, -0.05) is 0 Å². The first kappa shape index (κ1) is 38.8. The van der Waals surface area contributed by atoms with Gasteiger partial charge in [0, 0.05) is 31.4 Å². The molecule has 0 aromatic carbocycles. The number of rotatable bonds is 16. The number of amides is 6. The van der Waals surface area contributed by atoms with E-state index in [1.54, 1.807) is 0 Å². The number of nitrogens with zero attached hydrogens (tertiary/aromatic N) is 3. The minimum absolute atomic E-state index is 0.102. The van der Waals surface area contributed by atoms with Crippen LogP contribution in [0.2, 0.25) is 0 Å². The standard InChI is InChI=1S/C29H45N9O11/c1-14(40)22(36-25(44)20-6-4-8-38(20)28(47)23(15(2)41)35-21(42)10-30)26(45)33-17(9-16-11-31-13-32-16)27(46)37-7-3-5-19(37)24(43)34-18(12-39)29(48)49/h11,13-15,17-20,22-23,39-41H,3-10,12,30H2,1-2H3,(H,31,32)(H,33,45)(H,34,43)(H,35,42)(H,36,44)(H,48,49)/t14-,15-,17+,18+,19+,20+,22+,23+/m1/s1. The number of carboxylic acids is 1. The third-order valence-corrected chi connectivity index (χ3v) is 8.38. The molecule has 20 heteroatoms. The largest absolute Gasteiger partial charge is 0.480 e. The number of carboxylic acid groups (broad SMARTS) is 1. The lowest BCUT2D eigenvalue weighted by molar-refractivity contribution is -0.146. The van der Waals surface area contributed by atoms with Gasteiger partial charge in [0.05, 0.1) is 31.7 Å². The van der Waals surface area contributed by atoms with Crippen molar-refractivity contribution < 1.29 is 54.0 Å². The van der Waals surface area contributed by atoms with E-state index in [9.17, 15) is 54.0 Å². The van der Waals surface area contributed by atoms with E-state index in [-0.39, 0.29) is 32.4 Å². The van der Waals surface area contributed by atoms with Gasteiger partial charge in [-0.2, -0.15) is 0 Å². The van der Waals surface area contributed by atoms with Gasteiger partial charge in [-0.25, -0.2) is 9.78 Å². The molecule has 11 N–H and O–H groups in total. The predicted molar refractivity (Wildman–Crippen MR) is 167 cm³/mol. The van der Waals surface area contributed by atoms with Gasteiger partial charge < -0.3 is 62.2 Å². The van der Waals surface area contributed by atoms with E-state index in [2.05, 4.69) is 31.2 Å². The van der Waals surface area contributed by atoms with Crippen molar-refractivity contribution >= 4 is 41.4 Å². The summed E-state index contributed by atoms with van der Waals surface area (Å²) in [7, 11) is 0. The summed E-state index contributed by atoms with van der Waals surface area (Å²) < 4.78 is 0. The van der Waals surface area contributed by atoms with Crippen molar-refractivity contribution in [3.63, 3.8) is 0 Å². The second-order valence-corrected chi connectivity index (χ2v) is 12.0. The summed E-state index contributed by atoms with van der Waals surface area (Å²) in [6, 6.07) is -8.13. The van der Waals surface area contributed by atoms with Gasteiger partial charge in [0.1, 0.15) is 36.3 Å². The molecule has 2 aliphatic rings. The van der Waals surface area contributed by atoms with Gasteiger partial charge in [0.2, 0.25) is 35.4 Å². The van der Waals surface area contributed by atoms with Crippen molar-refractivity contribution in [2.24, 2.45) is 5.73 Å². The molecule has 0 radical (unpaired) electrons. The van der Waals surface area contributed by atoms with Crippen LogP contribution in [0.5, 0.6) is 0 Å². The molecule has 0 saturated carbocycles. The Labute approximate surface area is 281 Å². The van der Waals surface area contributed by atoms with E-state index >= 15 is 0 Å². The number of nitrogens with one attached hydrogen (secondary N) is 5. The fraction of sp³-hybridized carbons (Fsp3) is 0.655. The summed E-state index contributed by atoms with van der Waals surface area (Å²) in [6.07, 6.45) is 0.980. The molecule has 0 unspecified atom stereocenters. The molecule has 2 saturated heterocycles. The highest BCUT2D eigenvalue weighted by Crippen LogP contribution is 2.21. The van der Waals surface area contributed by atoms with Crippen LogP contribution in [0, 0.1) is 0 Å². The number of aromatic amines is 1. The lowest BCUT2D eigenvalue weighted by atomic mass is 10.1. The highest BCUT2D eigenvalue weighted by atomic mass is 16.4. The average Bonchev–Trinajstić information content (AvgIpc) is 3.85. The van der Waals surface area contributed by atoms with Gasteiger partial charge in [0.25, 0.3) is 0 Å². The van der Waals surface area contributed by atoms with Gasteiger partial charge in [-0.05, 0) is 39.5 Å². The molecular formula is C29H45N9O11. The number of H-pyrrole nitrogens is 1. The van der Waals surface area contributed by atoms with E-state index in [1.165, 1.54) is 31.3 Å². The zero-order valence-electron chi connectivity index (χ0n) is 27.2. The number of aliphatic carboxylic acids is 1. The first-order chi connectivity index (χ1) is 23.2. The normalized spacial score (nSPS) is 21.1. The first-order valence-corrected chi connectivity index (χ1v) is 15.9. The van der Waals surface area contributed by atoms with Crippen LogP contribution in [-0.4, -0.2) is 156 Å². The quantitative estimate of drug-likeness (QED) is 0.0774. The van der Waals surface area contributed by atoms with Crippen LogP contribution in [-0.2, 0) is 40.0 Å². The molecular weight excluding hydrogens is 650 g/mol. The number of carbonyl (C=O) groups is 7. The van der Waals surface area contributed by atoms with Crippen molar-refractivity contribution in [2.45, 2.75) is 94.4 Å². The average molecular weight is 696 g/mol. The summed E-state index contributed by atoms with van der Waals surface area (Å²) in [6.45, 7) is 1.44. The minimum Gasteiger partial charge on any atom is -0.480 e. The van der Waals surface area contributed by atoms with Crippen molar-refractivity contribution in [1.29, 1.82) is 0 Å². The number of nitrogens with two attached hydrogens (primary N) is 1. The molecule has 0 spiro atoms. The molecule has 8 atom stereocenters. The maximum atomic E-state index is 13.8.